The van der Waals surface area contributed by atoms with E-state index >= 15 is 0 Å². The Morgan fingerprint density at radius 2 is 2.22 bits per heavy atom. The summed E-state index contributed by atoms with van der Waals surface area (Å²) in [6.45, 7) is 3.18. The number of hydrogen-bond acceptors (Lipinski definition) is 4. The average molecular weight is 259 g/mol. The van der Waals surface area contributed by atoms with Crippen molar-refractivity contribution < 1.29 is 19.4 Å². The van der Waals surface area contributed by atoms with Gasteiger partial charge in [-0.25, -0.2) is 9.59 Å². The quantitative estimate of drug-likeness (QED) is 0.618. The first-order valence-corrected chi connectivity index (χ1v) is 6.13. The Morgan fingerprint density at radius 1 is 1.44 bits per heavy atom. The summed E-state index contributed by atoms with van der Waals surface area (Å²) in [5.74, 6) is -1.03. The number of methoxy groups -OCH3 is 1. The second-order valence-electron chi connectivity index (χ2n) is 4.21. The lowest BCUT2D eigenvalue weighted by molar-refractivity contribution is -0.139. The van der Waals surface area contributed by atoms with Gasteiger partial charge in [-0.2, -0.15) is 0 Å². The summed E-state index contributed by atoms with van der Waals surface area (Å²) in [5, 5.41) is 14.7. The summed E-state index contributed by atoms with van der Waals surface area (Å²) in [4.78, 5) is 24.5. The summed E-state index contributed by atoms with van der Waals surface area (Å²) in [6, 6.07) is -1.21. The molecule has 3 N–H and O–H groups in total. The number of aliphatic carboxylic acids is 1. The Morgan fingerprint density at radius 3 is 2.89 bits per heavy atom. The lowest BCUT2D eigenvalue weighted by Gasteiger charge is -2.23. The minimum atomic E-state index is -1.03. The third kappa shape index (κ3) is 4.89. The predicted octanol–water partition coefficient (Wildman–Crippen LogP) is -0.519. The molecular weight excluding hydrogens is 238 g/mol. The number of nitrogens with one attached hydrogen (secondary N) is 2. The van der Waals surface area contributed by atoms with Crippen molar-refractivity contribution in [2.45, 2.75) is 18.9 Å². The number of carboxylic acid groups (broad SMARTS) is 1. The van der Waals surface area contributed by atoms with Crippen LogP contribution in [0.15, 0.2) is 0 Å². The van der Waals surface area contributed by atoms with E-state index in [2.05, 4.69) is 10.6 Å². The Bertz CT molecular complexity index is 277. The molecule has 1 fully saturated rings. The van der Waals surface area contributed by atoms with Crippen LogP contribution in [0.5, 0.6) is 0 Å². The van der Waals surface area contributed by atoms with Crippen LogP contribution in [0.1, 0.15) is 12.8 Å². The highest BCUT2D eigenvalue weighted by Crippen LogP contribution is 1.99. The fourth-order valence-corrected chi connectivity index (χ4v) is 1.78. The highest BCUT2D eigenvalue weighted by molar-refractivity contribution is 5.82. The van der Waals surface area contributed by atoms with Crippen LogP contribution in [-0.2, 0) is 9.53 Å². The molecule has 1 aliphatic rings. The van der Waals surface area contributed by atoms with Gasteiger partial charge < -0.3 is 25.4 Å². The zero-order chi connectivity index (χ0) is 13.4. The lowest BCUT2D eigenvalue weighted by Crippen LogP contribution is -2.49. The first kappa shape index (κ1) is 14.7. The zero-order valence-corrected chi connectivity index (χ0v) is 10.6. The number of carbonyl (C=O) groups is 2. The molecule has 1 aliphatic heterocycles. The first-order chi connectivity index (χ1) is 8.65. The van der Waals surface area contributed by atoms with Crippen molar-refractivity contribution >= 4 is 12.0 Å². The van der Waals surface area contributed by atoms with E-state index < -0.39 is 12.0 Å². The monoisotopic (exact) mass is 259 g/mol. The molecule has 1 rings (SSSR count). The molecule has 0 aromatic carbocycles. The molecule has 2 amide bonds. The number of amides is 2. The van der Waals surface area contributed by atoms with E-state index in [0.29, 0.717) is 19.7 Å². The van der Waals surface area contributed by atoms with E-state index in [1.807, 2.05) is 0 Å². The van der Waals surface area contributed by atoms with Crippen LogP contribution in [-0.4, -0.2) is 67.9 Å². The molecule has 0 bridgehead atoms. The second-order valence-corrected chi connectivity index (χ2v) is 4.21. The highest BCUT2D eigenvalue weighted by Gasteiger charge is 2.23. The van der Waals surface area contributed by atoms with Crippen LogP contribution in [0.4, 0.5) is 4.79 Å². The van der Waals surface area contributed by atoms with Gasteiger partial charge >= 0.3 is 12.0 Å². The van der Waals surface area contributed by atoms with Crippen molar-refractivity contribution in [3.05, 3.63) is 0 Å². The molecule has 18 heavy (non-hydrogen) atoms. The van der Waals surface area contributed by atoms with Crippen LogP contribution >= 0.6 is 0 Å². The standard InChI is InChI=1S/C11H21N3O4/c1-18-8-3-9(10(15)16)13-11(17)14-6-2-4-12-5-7-14/h9,12H,2-8H2,1H3,(H,13,17)(H,15,16). The fraction of sp³-hybridized carbons (Fsp3) is 0.818. The van der Waals surface area contributed by atoms with E-state index in [0.717, 1.165) is 19.5 Å². The van der Waals surface area contributed by atoms with E-state index in [1.165, 1.54) is 7.11 Å². The number of rotatable bonds is 5. The van der Waals surface area contributed by atoms with Crippen molar-refractivity contribution in [1.29, 1.82) is 0 Å². The smallest absolute Gasteiger partial charge is 0.326 e. The molecule has 1 heterocycles. The van der Waals surface area contributed by atoms with Gasteiger partial charge in [-0.05, 0) is 13.0 Å². The van der Waals surface area contributed by atoms with Gasteiger partial charge in [0, 0.05) is 39.8 Å². The number of ether oxygens (including phenoxy) is 1. The Balaban J connectivity index is 2.45. The minimum Gasteiger partial charge on any atom is -0.480 e. The summed E-state index contributed by atoms with van der Waals surface area (Å²) < 4.78 is 4.83. The number of nitrogens with zero attached hydrogens (tertiary/aromatic N) is 1. The van der Waals surface area contributed by atoms with Crippen LogP contribution in [0.2, 0.25) is 0 Å². The number of hydrogen-bond donors (Lipinski definition) is 3. The van der Waals surface area contributed by atoms with Gasteiger partial charge in [0.25, 0.3) is 0 Å². The summed E-state index contributed by atoms with van der Waals surface area (Å²) >= 11 is 0. The molecule has 0 aromatic heterocycles. The van der Waals surface area contributed by atoms with Gasteiger partial charge in [-0.3, -0.25) is 0 Å². The van der Waals surface area contributed by atoms with E-state index in [1.54, 1.807) is 4.90 Å². The van der Waals surface area contributed by atoms with Crippen molar-refractivity contribution in [3.8, 4) is 0 Å². The lowest BCUT2D eigenvalue weighted by atomic mass is 10.2. The zero-order valence-electron chi connectivity index (χ0n) is 10.6. The van der Waals surface area contributed by atoms with Crippen LogP contribution < -0.4 is 10.6 Å². The molecule has 0 saturated carbocycles. The van der Waals surface area contributed by atoms with Gasteiger partial charge in [0.1, 0.15) is 6.04 Å². The van der Waals surface area contributed by atoms with E-state index in [4.69, 9.17) is 9.84 Å². The van der Waals surface area contributed by atoms with E-state index in [9.17, 15) is 9.59 Å². The maximum atomic E-state index is 11.9. The van der Waals surface area contributed by atoms with Gasteiger partial charge in [0.15, 0.2) is 0 Å². The molecular formula is C11H21N3O4. The van der Waals surface area contributed by atoms with Crippen molar-refractivity contribution in [2.75, 3.05) is 39.9 Å². The molecule has 0 aromatic rings. The first-order valence-electron chi connectivity index (χ1n) is 6.13. The van der Waals surface area contributed by atoms with Crippen molar-refractivity contribution in [2.24, 2.45) is 0 Å². The molecule has 0 spiro atoms. The molecule has 104 valence electrons. The maximum absolute atomic E-state index is 11.9. The van der Waals surface area contributed by atoms with Gasteiger partial charge in [0.2, 0.25) is 0 Å². The van der Waals surface area contributed by atoms with Crippen LogP contribution in [0.3, 0.4) is 0 Å². The normalized spacial score (nSPS) is 17.9. The molecule has 0 radical (unpaired) electrons. The topological polar surface area (TPSA) is 90.9 Å². The van der Waals surface area contributed by atoms with E-state index in [-0.39, 0.29) is 12.5 Å². The maximum Gasteiger partial charge on any atom is 0.326 e. The third-order valence-corrected chi connectivity index (χ3v) is 2.83. The summed E-state index contributed by atoms with van der Waals surface area (Å²) in [6.07, 6.45) is 1.15. The molecule has 1 unspecified atom stereocenters. The SMILES string of the molecule is COCCC(NC(=O)N1CCCNCC1)C(=O)O. The van der Waals surface area contributed by atoms with Gasteiger partial charge in [0.05, 0.1) is 0 Å². The van der Waals surface area contributed by atoms with Crippen molar-refractivity contribution in [3.63, 3.8) is 0 Å². The average Bonchev–Trinajstić information content (AvgIpc) is 2.62. The highest BCUT2D eigenvalue weighted by atomic mass is 16.5. The van der Waals surface area contributed by atoms with Crippen LogP contribution in [0, 0.1) is 0 Å². The minimum absolute atomic E-state index is 0.268. The number of urea groups is 1. The van der Waals surface area contributed by atoms with Crippen molar-refractivity contribution in [1.82, 2.24) is 15.5 Å². The fourth-order valence-electron chi connectivity index (χ4n) is 1.78. The molecule has 1 atom stereocenters. The molecule has 1 saturated heterocycles. The Kier molecular flexibility index (Phi) is 6.45. The molecule has 7 nitrogen and oxygen atoms in total. The third-order valence-electron chi connectivity index (χ3n) is 2.83. The summed E-state index contributed by atoms with van der Waals surface area (Å²) in [5.41, 5.74) is 0. The van der Waals surface area contributed by atoms with Crippen LogP contribution in [0.25, 0.3) is 0 Å². The second kappa shape index (κ2) is 7.88. The molecule has 0 aliphatic carbocycles. The predicted molar refractivity (Wildman–Crippen MR) is 65.5 cm³/mol. The van der Waals surface area contributed by atoms with Gasteiger partial charge in [-0.15, -0.1) is 0 Å². The number of carbonyl (C=O) groups excluding carboxylic acids is 1. The summed E-state index contributed by atoms with van der Waals surface area (Å²) in [7, 11) is 1.50. The Hall–Kier alpha value is -1.34. The number of carboxylic acids is 1. The van der Waals surface area contributed by atoms with Gasteiger partial charge in [-0.1, -0.05) is 0 Å². The molecule has 7 heteroatoms. The Labute approximate surface area is 106 Å². The largest absolute Gasteiger partial charge is 0.480 e.